The molecule has 0 saturated heterocycles. The first-order chi connectivity index (χ1) is 4.63. The second-order valence-electron chi connectivity index (χ2n) is 1.87. The summed E-state index contributed by atoms with van der Waals surface area (Å²) >= 11 is 0. The summed E-state index contributed by atoms with van der Waals surface area (Å²) < 4.78 is 1.05. The van der Waals surface area contributed by atoms with E-state index < -0.39 is 5.56 Å². The Kier molecular flexibility index (Phi) is 1.33. The molecule has 1 heterocycles. The molecular weight excluding hydrogens is 134 g/mol. The molecule has 10 heavy (non-hydrogen) atoms. The molecule has 0 saturated carbocycles. The largest absolute Gasteiger partial charge is 0.504 e. The fraction of sp³-hybridized carbons (Fsp3) is 0.200. The molecule has 1 aromatic heterocycles. The third-order valence-electron chi connectivity index (χ3n) is 1.15. The van der Waals surface area contributed by atoms with Crippen LogP contribution >= 0.6 is 0 Å². The van der Waals surface area contributed by atoms with Crippen LogP contribution in [0, 0.1) is 0 Å². The first-order valence-electron chi connectivity index (χ1n) is 2.63. The lowest BCUT2D eigenvalue weighted by molar-refractivity contribution is 0.468. The standard InChI is InChI=1S/C5H7N3O2/c1-8-5(10)4(6)3(9)2-7-8/h2,9H,6H2,1H3. The SMILES string of the molecule is Cn1ncc(O)c(N)c1=O. The van der Waals surface area contributed by atoms with Crippen molar-refractivity contribution in [2.75, 3.05) is 5.73 Å². The lowest BCUT2D eigenvalue weighted by Gasteiger charge is -1.97. The lowest BCUT2D eigenvalue weighted by atomic mass is 10.4. The normalized spacial score (nSPS) is 9.70. The molecule has 0 fully saturated rings. The van der Waals surface area contributed by atoms with Gasteiger partial charge in [0.25, 0.3) is 5.56 Å². The summed E-state index contributed by atoms with van der Waals surface area (Å²) in [7, 11) is 1.46. The van der Waals surface area contributed by atoms with Gasteiger partial charge in [0.1, 0.15) is 5.69 Å². The number of nitrogens with two attached hydrogens (primary N) is 1. The minimum atomic E-state index is -0.486. The highest BCUT2D eigenvalue weighted by molar-refractivity contribution is 5.47. The number of anilines is 1. The second-order valence-corrected chi connectivity index (χ2v) is 1.87. The van der Waals surface area contributed by atoms with Crippen LogP contribution in [0.1, 0.15) is 0 Å². The van der Waals surface area contributed by atoms with Crippen molar-refractivity contribution < 1.29 is 5.11 Å². The van der Waals surface area contributed by atoms with Gasteiger partial charge in [0.15, 0.2) is 5.75 Å². The van der Waals surface area contributed by atoms with E-state index in [0.717, 1.165) is 10.9 Å². The summed E-state index contributed by atoms with van der Waals surface area (Å²) in [6.07, 6.45) is 1.12. The molecular formula is C5H7N3O2. The number of hydrogen-bond donors (Lipinski definition) is 2. The molecule has 0 radical (unpaired) electrons. The summed E-state index contributed by atoms with van der Waals surface area (Å²) in [5.41, 5.74) is 4.50. The van der Waals surface area contributed by atoms with Crippen LogP contribution in [0.3, 0.4) is 0 Å². The number of rotatable bonds is 0. The number of aryl methyl sites for hydroxylation is 1. The zero-order valence-electron chi connectivity index (χ0n) is 5.40. The molecule has 0 spiro atoms. The number of nitrogens with zero attached hydrogens (tertiary/aromatic N) is 2. The van der Waals surface area contributed by atoms with Crippen molar-refractivity contribution >= 4 is 5.69 Å². The highest BCUT2D eigenvalue weighted by Crippen LogP contribution is 2.09. The van der Waals surface area contributed by atoms with Crippen LogP contribution in [0.4, 0.5) is 5.69 Å². The van der Waals surface area contributed by atoms with E-state index in [1.807, 2.05) is 0 Å². The van der Waals surface area contributed by atoms with E-state index in [2.05, 4.69) is 5.10 Å². The average molecular weight is 141 g/mol. The van der Waals surface area contributed by atoms with Gasteiger partial charge in [0, 0.05) is 7.05 Å². The molecule has 1 rings (SSSR count). The second kappa shape index (κ2) is 2.02. The Hall–Kier alpha value is -1.52. The first kappa shape index (κ1) is 6.60. The van der Waals surface area contributed by atoms with Crippen LogP contribution in [-0.4, -0.2) is 14.9 Å². The van der Waals surface area contributed by atoms with Gasteiger partial charge in [0.05, 0.1) is 6.20 Å². The monoisotopic (exact) mass is 141 g/mol. The van der Waals surface area contributed by atoms with Gasteiger partial charge in [-0.15, -0.1) is 0 Å². The third-order valence-corrected chi connectivity index (χ3v) is 1.15. The van der Waals surface area contributed by atoms with E-state index in [1.165, 1.54) is 7.05 Å². The zero-order valence-corrected chi connectivity index (χ0v) is 5.40. The predicted molar refractivity (Wildman–Crippen MR) is 35.6 cm³/mol. The minimum absolute atomic E-state index is 0.169. The summed E-state index contributed by atoms with van der Waals surface area (Å²) in [6.45, 7) is 0. The summed E-state index contributed by atoms with van der Waals surface area (Å²) in [6, 6.07) is 0. The van der Waals surface area contributed by atoms with Gasteiger partial charge >= 0.3 is 0 Å². The molecule has 1 aromatic rings. The summed E-state index contributed by atoms with van der Waals surface area (Å²) in [5, 5.41) is 12.3. The van der Waals surface area contributed by atoms with Crippen molar-refractivity contribution in [2.24, 2.45) is 7.05 Å². The van der Waals surface area contributed by atoms with Crippen molar-refractivity contribution in [1.82, 2.24) is 9.78 Å². The fourth-order valence-electron chi connectivity index (χ4n) is 0.547. The highest BCUT2D eigenvalue weighted by Gasteiger charge is 2.01. The number of aromatic nitrogens is 2. The Morgan fingerprint density at radius 3 is 2.90 bits per heavy atom. The predicted octanol–water partition coefficient (Wildman–Crippen LogP) is -0.932. The Morgan fingerprint density at radius 1 is 1.80 bits per heavy atom. The Labute approximate surface area is 56.7 Å². The Balaban J connectivity index is 3.50. The molecule has 0 aliphatic heterocycles. The molecule has 0 unspecified atom stereocenters. The van der Waals surface area contributed by atoms with Crippen LogP contribution in [0.2, 0.25) is 0 Å². The molecule has 0 aromatic carbocycles. The maximum Gasteiger partial charge on any atom is 0.293 e. The topological polar surface area (TPSA) is 81.1 Å². The zero-order chi connectivity index (χ0) is 7.72. The maximum absolute atomic E-state index is 10.8. The van der Waals surface area contributed by atoms with Crippen LogP contribution in [0.15, 0.2) is 11.0 Å². The molecule has 0 amide bonds. The van der Waals surface area contributed by atoms with Crippen LogP contribution in [-0.2, 0) is 7.05 Å². The fourth-order valence-corrected chi connectivity index (χ4v) is 0.547. The van der Waals surface area contributed by atoms with E-state index in [4.69, 9.17) is 10.8 Å². The van der Waals surface area contributed by atoms with Crippen LogP contribution in [0.5, 0.6) is 5.75 Å². The molecule has 5 nitrogen and oxygen atoms in total. The number of nitrogen functional groups attached to an aromatic ring is 1. The van der Waals surface area contributed by atoms with Gasteiger partial charge in [-0.2, -0.15) is 5.10 Å². The maximum atomic E-state index is 10.8. The third kappa shape index (κ3) is 0.812. The molecule has 3 N–H and O–H groups in total. The minimum Gasteiger partial charge on any atom is -0.504 e. The highest BCUT2D eigenvalue weighted by atomic mass is 16.3. The molecule has 0 aliphatic carbocycles. The van der Waals surface area contributed by atoms with Crippen molar-refractivity contribution in [2.45, 2.75) is 0 Å². The molecule has 0 aliphatic rings. The van der Waals surface area contributed by atoms with Gasteiger partial charge in [-0.3, -0.25) is 4.79 Å². The van der Waals surface area contributed by atoms with Crippen molar-refractivity contribution in [3.8, 4) is 5.75 Å². The smallest absolute Gasteiger partial charge is 0.293 e. The van der Waals surface area contributed by atoms with Crippen molar-refractivity contribution in [3.05, 3.63) is 16.6 Å². The molecule has 0 bridgehead atoms. The lowest BCUT2D eigenvalue weighted by Crippen LogP contribution is -2.21. The van der Waals surface area contributed by atoms with Gasteiger partial charge in [-0.1, -0.05) is 0 Å². The number of aromatic hydroxyl groups is 1. The molecule has 5 heteroatoms. The average Bonchev–Trinajstić information content (AvgIpc) is 1.93. The summed E-state index contributed by atoms with van der Waals surface area (Å²) in [5.74, 6) is -0.275. The van der Waals surface area contributed by atoms with Gasteiger partial charge < -0.3 is 10.8 Å². The van der Waals surface area contributed by atoms with Crippen LogP contribution in [0.25, 0.3) is 0 Å². The Bertz CT molecular complexity index is 304. The van der Waals surface area contributed by atoms with Gasteiger partial charge in [0.2, 0.25) is 0 Å². The first-order valence-corrected chi connectivity index (χ1v) is 2.63. The molecule has 0 atom stereocenters. The van der Waals surface area contributed by atoms with Gasteiger partial charge in [-0.05, 0) is 0 Å². The van der Waals surface area contributed by atoms with Crippen LogP contribution < -0.4 is 11.3 Å². The van der Waals surface area contributed by atoms with E-state index >= 15 is 0 Å². The molecule has 54 valence electrons. The quantitative estimate of drug-likeness (QED) is 0.489. The van der Waals surface area contributed by atoms with E-state index in [9.17, 15) is 4.79 Å². The van der Waals surface area contributed by atoms with E-state index in [-0.39, 0.29) is 11.4 Å². The van der Waals surface area contributed by atoms with E-state index in [1.54, 1.807) is 0 Å². The van der Waals surface area contributed by atoms with Crippen molar-refractivity contribution in [1.29, 1.82) is 0 Å². The van der Waals surface area contributed by atoms with Crippen molar-refractivity contribution in [3.63, 3.8) is 0 Å². The number of hydrogen-bond acceptors (Lipinski definition) is 4. The van der Waals surface area contributed by atoms with Gasteiger partial charge in [-0.25, -0.2) is 4.68 Å². The van der Waals surface area contributed by atoms with E-state index in [0.29, 0.717) is 0 Å². The summed E-state index contributed by atoms with van der Waals surface area (Å²) in [4.78, 5) is 10.8. The Morgan fingerprint density at radius 2 is 2.40 bits per heavy atom.